The summed E-state index contributed by atoms with van der Waals surface area (Å²) in [6.07, 6.45) is 2.99. The molecule has 4 N–H and O–H groups in total. The van der Waals surface area contributed by atoms with Crippen LogP contribution in [0, 0.1) is 0 Å². The van der Waals surface area contributed by atoms with Crippen LogP contribution >= 0.6 is 0 Å². The summed E-state index contributed by atoms with van der Waals surface area (Å²) in [5.41, 5.74) is 1.54. The summed E-state index contributed by atoms with van der Waals surface area (Å²) < 4.78 is 10.5. The molecule has 0 aliphatic carbocycles. The molecule has 0 aromatic carbocycles. The molecule has 0 spiro atoms. The SMILES string of the molecule is O=C1NCC(c2ccoc2CO)C(c2ccoc2CO)N1. The Kier molecular flexibility index (Phi) is 3.68. The van der Waals surface area contributed by atoms with Gasteiger partial charge < -0.3 is 29.7 Å². The Bertz CT molecular complexity index is 633. The molecule has 2 aromatic rings. The van der Waals surface area contributed by atoms with Crippen molar-refractivity contribution >= 4 is 6.03 Å². The number of rotatable bonds is 4. The van der Waals surface area contributed by atoms with Crippen molar-refractivity contribution in [1.29, 1.82) is 0 Å². The fourth-order valence-corrected chi connectivity index (χ4v) is 2.76. The Hall–Kier alpha value is -2.25. The van der Waals surface area contributed by atoms with Gasteiger partial charge in [-0.25, -0.2) is 4.79 Å². The Labute approximate surface area is 120 Å². The first kappa shape index (κ1) is 13.7. The number of nitrogens with one attached hydrogen (secondary N) is 2. The standard InChI is InChI=1S/C14H16N2O5/c17-6-11-8(1-3-20-11)10-5-15-14(19)16-13(10)9-2-4-21-12(9)7-18/h1-4,10,13,17-18H,5-7H2,(H2,15,16,19). The molecule has 0 saturated carbocycles. The summed E-state index contributed by atoms with van der Waals surface area (Å²) >= 11 is 0. The number of amides is 2. The lowest BCUT2D eigenvalue weighted by Gasteiger charge is -2.32. The van der Waals surface area contributed by atoms with Crippen LogP contribution < -0.4 is 10.6 Å². The maximum Gasteiger partial charge on any atom is 0.315 e. The second-order valence-corrected chi connectivity index (χ2v) is 4.85. The zero-order chi connectivity index (χ0) is 14.8. The molecule has 2 amide bonds. The van der Waals surface area contributed by atoms with Crippen molar-refractivity contribution in [3.05, 3.63) is 47.3 Å². The Morgan fingerprint density at radius 3 is 2.38 bits per heavy atom. The van der Waals surface area contributed by atoms with Gasteiger partial charge in [-0.3, -0.25) is 0 Å². The van der Waals surface area contributed by atoms with Gasteiger partial charge in [-0.15, -0.1) is 0 Å². The smallest absolute Gasteiger partial charge is 0.315 e. The van der Waals surface area contributed by atoms with Crippen LogP contribution in [0.2, 0.25) is 0 Å². The van der Waals surface area contributed by atoms with Gasteiger partial charge >= 0.3 is 6.03 Å². The van der Waals surface area contributed by atoms with Crippen molar-refractivity contribution in [2.45, 2.75) is 25.2 Å². The molecule has 1 saturated heterocycles. The van der Waals surface area contributed by atoms with E-state index in [0.29, 0.717) is 18.1 Å². The predicted octanol–water partition coefficient (Wildman–Crippen LogP) is 0.995. The summed E-state index contributed by atoms with van der Waals surface area (Å²) in [6, 6.07) is 2.87. The van der Waals surface area contributed by atoms with Crippen molar-refractivity contribution in [2.75, 3.05) is 6.54 Å². The molecule has 2 unspecified atom stereocenters. The number of aliphatic hydroxyl groups is 2. The van der Waals surface area contributed by atoms with Crippen LogP contribution in [0.1, 0.15) is 34.6 Å². The van der Waals surface area contributed by atoms with Crippen molar-refractivity contribution in [3.8, 4) is 0 Å². The summed E-state index contributed by atoms with van der Waals surface area (Å²) in [7, 11) is 0. The maximum absolute atomic E-state index is 11.6. The van der Waals surface area contributed by atoms with Crippen LogP contribution in [0.4, 0.5) is 4.79 Å². The maximum atomic E-state index is 11.6. The molecule has 2 atom stereocenters. The van der Waals surface area contributed by atoms with E-state index < -0.39 is 0 Å². The van der Waals surface area contributed by atoms with Gasteiger partial charge in [0.1, 0.15) is 24.7 Å². The lowest BCUT2D eigenvalue weighted by Crippen LogP contribution is -2.49. The largest absolute Gasteiger partial charge is 0.467 e. The van der Waals surface area contributed by atoms with Crippen LogP contribution in [-0.4, -0.2) is 22.8 Å². The molecule has 7 nitrogen and oxygen atoms in total. The van der Waals surface area contributed by atoms with Crippen LogP contribution in [0.3, 0.4) is 0 Å². The summed E-state index contributed by atoms with van der Waals surface area (Å²) in [4.78, 5) is 11.6. The molecule has 21 heavy (non-hydrogen) atoms. The average molecular weight is 292 g/mol. The average Bonchev–Trinajstić information content (AvgIpc) is 3.15. The minimum atomic E-state index is -0.359. The molecular formula is C14H16N2O5. The molecular weight excluding hydrogens is 276 g/mol. The van der Waals surface area contributed by atoms with Crippen molar-refractivity contribution in [3.63, 3.8) is 0 Å². The molecule has 1 fully saturated rings. The van der Waals surface area contributed by atoms with Crippen LogP contribution in [0.5, 0.6) is 0 Å². The van der Waals surface area contributed by atoms with Crippen molar-refractivity contribution < 1.29 is 23.8 Å². The monoisotopic (exact) mass is 292 g/mol. The summed E-state index contributed by atoms with van der Waals surface area (Å²) in [6.45, 7) is -0.0517. The highest BCUT2D eigenvalue weighted by molar-refractivity contribution is 5.76. The number of hydrogen-bond acceptors (Lipinski definition) is 5. The van der Waals surface area contributed by atoms with E-state index in [4.69, 9.17) is 8.83 Å². The third-order valence-electron chi connectivity index (χ3n) is 3.75. The predicted molar refractivity (Wildman–Crippen MR) is 71.3 cm³/mol. The Morgan fingerprint density at radius 2 is 1.71 bits per heavy atom. The minimum absolute atomic E-state index is 0.133. The fraction of sp³-hybridized carbons (Fsp3) is 0.357. The van der Waals surface area contributed by atoms with Crippen LogP contribution in [0.15, 0.2) is 33.5 Å². The molecule has 0 bridgehead atoms. The molecule has 3 heterocycles. The van der Waals surface area contributed by atoms with E-state index in [9.17, 15) is 15.0 Å². The van der Waals surface area contributed by atoms with E-state index in [1.54, 1.807) is 12.1 Å². The number of urea groups is 1. The molecule has 0 radical (unpaired) electrons. The van der Waals surface area contributed by atoms with E-state index in [0.717, 1.165) is 11.1 Å². The van der Waals surface area contributed by atoms with Gasteiger partial charge in [0.05, 0.1) is 18.6 Å². The molecule has 7 heteroatoms. The van der Waals surface area contributed by atoms with Gasteiger partial charge in [-0.2, -0.15) is 0 Å². The first-order chi connectivity index (χ1) is 10.2. The van der Waals surface area contributed by atoms with Gasteiger partial charge in [0.25, 0.3) is 0 Å². The molecule has 112 valence electrons. The highest BCUT2D eigenvalue weighted by Gasteiger charge is 2.35. The van der Waals surface area contributed by atoms with Crippen LogP contribution in [-0.2, 0) is 13.2 Å². The Morgan fingerprint density at radius 1 is 1.10 bits per heavy atom. The number of carbonyl (C=O) groups excluding carboxylic acids is 1. The van der Waals surface area contributed by atoms with Crippen LogP contribution in [0.25, 0.3) is 0 Å². The summed E-state index contributed by atoms with van der Waals surface area (Å²) in [5, 5.41) is 24.3. The van der Waals surface area contributed by atoms with Crippen molar-refractivity contribution in [2.24, 2.45) is 0 Å². The lowest BCUT2D eigenvalue weighted by atomic mass is 9.86. The van der Waals surface area contributed by atoms with Gasteiger partial charge in [-0.05, 0) is 12.1 Å². The van der Waals surface area contributed by atoms with Gasteiger partial charge in [0.2, 0.25) is 0 Å². The second kappa shape index (κ2) is 5.63. The fourth-order valence-electron chi connectivity index (χ4n) is 2.76. The van der Waals surface area contributed by atoms with E-state index in [1.807, 2.05) is 0 Å². The zero-order valence-corrected chi connectivity index (χ0v) is 11.2. The highest BCUT2D eigenvalue weighted by Crippen LogP contribution is 2.36. The lowest BCUT2D eigenvalue weighted by molar-refractivity contribution is 0.218. The van der Waals surface area contributed by atoms with Crippen molar-refractivity contribution in [1.82, 2.24) is 10.6 Å². The number of furan rings is 2. The van der Waals surface area contributed by atoms with Gasteiger partial charge in [0.15, 0.2) is 0 Å². The second-order valence-electron chi connectivity index (χ2n) is 4.85. The first-order valence-electron chi connectivity index (χ1n) is 6.63. The molecule has 2 aromatic heterocycles. The molecule has 3 rings (SSSR count). The number of carbonyl (C=O) groups is 1. The third-order valence-corrected chi connectivity index (χ3v) is 3.75. The number of hydrogen-bond donors (Lipinski definition) is 4. The quantitative estimate of drug-likeness (QED) is 0.672. The third kappa shape index (κ3) is 2.41. The Balaban J connectivity index is 1.99. The molecule has 1 aliphatic rings. The van der Waals surface area contributed by atoms with E-state index in [2.05, 4.69) is 10.6 Å². The topological polar surface area (TPSA) is 108 Å². The van der Waals surface area contributed by atoms with E-state index >= 15 is 0 Å². The zero-order valence-electron chi connectivity index (χ0n) is 11.2. The highest BCUT2D eigenvalue weighted by atomic mass is 16.4. The van der Waals surface area contributed by atoms with Gasteiger partial charge in [0, 0.05) is 23.6 Å². The minimum Gasteiger partial charge on any atom is -0.467 e. The molecule has 1 aliphatic heterocycles. The normalized spacial score (nSPS) is 21.9. The first-order valence-corrected chi connectivity index (χ1v) is 6.63. The van der Waals surface area contributed by atoms with E-state index in [1.165, 1.54) is 12.5 Å². The van der Waals surface area contributed by atoms with Gasteiger partial charge in [-0.1, -0.05) is 0 Å². The summed E-state index contributed by atoms with van der Waals surface area (Å²) in [5.74, 6) is 0.754. The van der Waals surface area contributed by atoms with E-state index in [-0.39, 0.29) is 31.2 Å². The number of aliphatic hydroxyl groups excluding tert-OH is 2.